The van der Waals surface area contributed by atoms with Crippen molar-refractivity contribution in [1.82, 2.24) is 20.0 Å². The Bertz CT molecular complexity index is 1030. The summed E-state index contributed by atoms with van der Waals surface area (Å²) < 4.78 is 7.35. The SMILES string of the molecule is CC1[C@H](C)OCc2c(Cl)nn(C)c(=O)c2CC(=O)NC12CCN(Cc1ccccc1)C2. The molecule has 1 amide bonds. The predicted octanol–water partition coefficient (Wildman–Crippen LogP) is 2.29. The largest absolute Gasteiger partial charge is 0.373 e. The topological polar surface area (TPSA) is 76.5 Å². The second-order valence-corrected chi connectivity index (χ2v) is 9.17. The van der Waals surface area contributed by atoms with E-state index in [-0.39, 0.29) is 41.7 Å². The van der Waals surface area contributed by atoms with Gasteiger partial charge in [-0.3, -0.25) is 14.5 Å². The van der Waals surface area contributed by atoms with Gasteiger partial charge < -0.3 is 10.1 Å². The maximum Gasteiger partial charge on any atom is 0.270 e. The molecule has 1 aromatic carbocycles. The first kappa shape index (κ1) is 22.0. The lowest BCUT2D eigenvalue weighted by Gasteiger charge is -2.40. The Morgan fingerprint density at radius 2 is 1.97 bits per heavy atom. The van der Waals surface area contributed by atoms with Crippen LogP contribution in [0.2, 0.25) is 5.15 Å². The van der Waals surface area contributed by atoms with Crippen molar-refractivity contribution >= 4 is 17.5 Å². The van der Waals surface area contributed by atoms with E-state index in [9.17, 15) is 9.59 Å². The number of benzene rings is 1. The highest BCUT2D eigenvalue weighted by molar-refractivity contribution is 6.30. The molecule has 0 aliphatic carbocycles. The second-order valence-electron chi connectivity index (χ2n) is 8.81. The highest BCUT2D eigenvalue weighted by Gasteiger charge is 2.46. The smallest absolute Gasteiger partial charge is 0.270 e. The molecule has 2 aliphatic heterocycles. The van der Waals surface area contributed by atoms with E-state index in [1.807, 2.05) is 25.1 Å². The summed E-state index contributed by atoms with van der Waals surface area (Å²) in [4.78, 5) is 28.2. The van der Waals surface area contributed by atoms with Gasteiger partial charge in [-0.1, -0.05) is 48.9 Å². The highest BCUT2D eigenvalue weighted by atomic mass is 35.5. The highest BCUT2D eigenvalue weighted by Crippen LogP contribution is 2.34. The summed E-state index contributed by atoms with van der Waals surface area (Å²) in [6.45, 7) is 6.78. The molecule has 7 nitrogen and oxygen atoms in total. The Morgan fingerprint density at radius 1 is 1.23 bits per heavy atom. The van der Waals surface area contributed by atoms with E-state index in [4.69, 9.17) is 16.3 Å². The Kier molecular flexibility index (Phi) is 6.19. The third kappa shape index (κ3) is 4.40. The average molecular weight is 445 g/mol. The number of hydrogen-bond acceptors (Lipinski definition) is 5. The zero-order valence-electron chi connectivity index (χ0n) is 18.2. The van der Waals surface area contributed by atoms with E-state index < -0.39 is 5.54 Å². The molecule has 1 fully saturated rings. The number of nitrogens with zero attached hydrogens (tertiary/aromatic N) is 3. The third-order valence-corrected chi connectivity index (χ3v) is 7.13. The molecule has 1 saturated heterocycles. The minimum Gasteiger partial charge on any atom is -0.373 e. The number of halogens is 1. The molecular formula is C23H29ClN4O3. The molecule has 1 aromatic heterocycles. The molecule has 2 aromatic rings. The zero-order chi connectivity index (χ0) is 22.2. The predicted molar refractivity (Wildman–Crippen MR) is 119 cm³/mol. The van der Waals surface area contributed by atoms with Crippen molar-refractivity contribution in [3.8, 4) is 0 Å². The van der Waals surface area contributed by atoms with Crippen LogP contribution in [0.4, 0.5) is 0 Å². The fraction of sp³-hybridized carbons (Fsp3) is 0.522. The van der Waals surface area contributed by atoms with E-state index in [2.05, 4.69) is 34.4 Å². The summed E-state index contributed by atoms with van der Waals surface area (Å²) in [5, 5.41) is 7.55. The third-order valence-electron chi connectivity index (χ3n) is 6.82. The lowest BCUT2D eigenvalue weighted by molar-refractivity contribution is -0.124. The van der Waals surface area contributed by atoms with Gasteiger partial charge in [0.1, 0.15) is 0 Å². The Labute approximate surface area is 187 Å². The molecule has 166 valence electrons. The first-order valence-corrected chi connectivity index (χ1v) is 11.1. The van der Waals surface area contributed by atoms with E-state index in [1.165, 1.54) is 17.3 Å². The minimum absolute atomic E-state index is 0.0326. The molecule has 1 spiro atoms. The summed E-state index contributed by atoms with van der Waals surface area (Å²) in [7, 11) is 1.54. The number of ether oxygens (including phenoxy) is 1. The van der Waals surface area contributed by atoms with Gasteiger partial charge in [-0.15, -0.1) is 0 Å². The molecule has 4 rings (SSSR count). The van der Waals surface area contributed by atoms with Crippen LogP contribution >= 0.6 is 11.6 Å². The number of likely N-dealkylation sites (tertiary alicyclic amines) is 1. The molecule has 2 aliphatic rings. The standard InChI is InChI=1S/C23H29ClN4O3/c1-15-16(2)31-13-19-18(22(30)27(3)26-21(19)24)11-20(29)25-23(15)9-10-28(14-23)12-17-7-5-4-6-8-17/h4-8,15-16H,9-14H2,1-3H3,(H,25,29)/t15?,16-,23?/m0/s1. The Morgan fingerprint density at radius 3 is 2.71 bits per heavy atom. The van der Waals surface area contributed by atoms with Crippen molar-refractivity contribution in [2.24, 2.45) is 13.0 Å². The first-order chi connectivity index (χ1) is 14.8. The molecular weight excluding hydrogens is 416 g/mol. The number of aromatic nitrogens is 2. The number of amides is 1. The number of nitrogens with one attached hydrogen (secondary N) is 1. The Balaban J connectivity index is 1.62. The average Bonchev–Trinajstić information content (AvgIpc) is 3.14. The summed E-state index contributed by atoms with van der Waals surface area (Å²) >= 11 is 6.30. The van der Waals surface area contributed by atoms with Gasteiger partial charge in [0.25, 0.3) is 5.56 Å². The number of aryl methyl sites for hydroxylation is 1. The summed E-state index contributed by atoms with van der Waals surface area (Å²) in [6.07, 6.45) is 0.667. The molecule has 3 atom stereocenters. The summed E-state index contributed by atoms with van der Waals surface area (Å²) in [5.74, 6) is -0.0832. The van der Waals surface area contributed by atoms with Gasteiger partial charge >= 0.3 is 0 Å². The van der Waals surface area contributed by atoms with Crippen LogP contribution in [0.25, 0.3) is 0 Å². The lowest BCUT2D eigenvalue weighted by atomic mass is 9.80. The van der Waals surface area contributed by atoms with Gasteiger partial charge in [-0.05, 0) is 18.9 Å². The molecule has 0 saturated carbocycles. The molecule has 3 heterocycles. The number of hydrogen-bond donors (Lipinski definition) is 1. The lowest BCUT2D eigenvalue weighted by Crippen LogP contribution is -2.58. The van der Waals surface area contributed by atoms with Crippen LogP contribution in [0, 0.1) is 5.92 Å². The maximum atomic E-state index is 13.1. The van der Waals surface area contributed by atoms with Crippen molar-refractivity contribution in [1.29, 1.82) is 0 Å². The monoisotopic (exact) mass is 444 g/mol. The second kappa shape index (κ2) is 8.73. The molecule has 0 bridgehead atoms. The van der Waals surface area contributed by atoms with Crippen LogP contribution in [-0.2, 0) is 36.2 Å². The maximum absolute atomic E-state index is 13.1. The van der Waals surface area contributed by atoms with Crippen LogP contribution in [-0.4, -0.2) is 45.3 Å². The van der Waals surface area contributed by atoms with Crippen molar-refractivity contribution in [2.75, 3.05) is 13.1 Å². The fourth-order valence-corrected chi connectivity index (χ4v) is 5.07. The van der Waals surface area contributed by atoms with E-state index in [1.54, 1.807) is 0 Å². The van der Waals surface area contributed by atoms with E-state index in [0.717, 1.165) is 26.1 Å². The first-order valence-electron chi connectivity index (χ1n) is 10.7. The number of rotatable bonds is 2. The molecule has 2 unspecified atom stereocenters. The van der Waals surface area contributed by atoms with Crippen molar-refractivity contribution < 1.29 is 9.53 Å². The van der Waals surface area contributed by atoms with Crippen LogP contribution in [0.15, 0.2) is 35.1 Å². The van der Waals surface area contributed by atoms with Crippen LogP contribution < -0.4 is 10.9 Å². The van der Waals surface area contributed by atoms with E-state index >= 15 is 0 Å². The number of carbonyl (C=O) groups is 1. The van der Waals surface area contributed by atoms with Gasteiger partial charge in [0, 0.05) is 43.7 Å². The van der Waals surface area contributed by atoms with Crippen LogP contribution in [0.3, 0.4) is 0 Å². The normalized spacial score (nSPS) is 27.2. The minimum atomic E-state index is -0.412. The van der Waals surface area contributed by atoms with Gasteiger partial charge in [-0.2, -0.15) is 5.10 Å². The number of carbonyl (C=O) groups excluding carboxylic acids is 1. The van der Waals surface area contributed by atoms with Crippen LogP contribution in [0.5, 0.6) is 0 Å². The molecule has 0 radical (unpaired) electrons. The Hall–Kier alpha value is -2.22. The molecule has 1 N–H and O–H groups in total. The van der Waals surface area contributed by atoms with Gasteiger partial charge in [0.05, 0.1) is 24.7 Å². The van der Waals surface area contributed by atoms with Crippen molar-refractivity contribution in [3.63, 3.8) is 0 Å². The van der Waals surface area contributed by atoms with Crippen molar-refractivity contribution in [2.45, 2.75) is 51.5 Å². The van der Waals surface area contributed by atoms with Gasteiger partial charge in [-0.25, -0.2) is 4.68 Å². The van der Waals surface area contributed by atoms with E-state index in [0.29, 0.717) is 11.1 Å². The zero-order valence-corrected chi connectivity index (χ0v) is 19.0. The molecule has 31 heavy (non-hydrogen) atoms. The van der Waals surface area contributed by atoms with Gasteiger partial charge in [0.2, 0.25) is 5.91 Å². The fourth-order valence-electron chi connectivity index (χ4n) is 4.79. The van der Waals surface area contributed by atoms with Crippen LogP contribution in [0.1, 0.15) is 37.0 Å². The summed E-state index contributed by atoms with van der Waals surface area (Å²) in [6, 6.07) is 10.3. The quantitative estimate of drug-likeness (QED) is 0.769. The number of fused-ring (bicyclic) bond motifs is 1. The molecule has 8 heteroatoms. The van der Waals surface area contributed by atoms with Gasteiger partial charge in [0.15, 0.2) is 5.15 Å². The van der Waals surface area contributed by atoms with Crippen molar-refractivity contribution in [3.05, 3.63) is 62.5 Å². The summed E-state index contributed by atoms with van der Waals surface area (Å²) in [5.41, 5.74) is 1.39.